The third-order valence-electron chi connectivity index (χ3n) is 9.17. The topological polar surface area (TPSA) is 46.5 Å². The summed E-state index contributed by atoms with van der Waals surface area (Å²) in [4.78, 5) is 13.5. The molecule has 1 aromatic rings. The van der Waals surface area contributed by atoms with Gasteiger partial charge >= 0.3 is 0 Å². The summed E-state index contributed by atoms with van der Waals surface area (Å²) in [5.41, 5.74) is 3.58. The zero-order valence-corrected chi connectivity index (χ0v) is 18.5. The molecular weight excluding hydrogens is 372 g/mol. The number of allylic oxidation sites excluding steroid dienone is 2. The SMILES string of the molecule is COc1ccc(/C=C2\C[C@@H]3[C@@H]4CC=C5C[C@@H](O)CC[C@]5(C)[C@H]4CC[C@@]3(C)C2=O)cc1. The predicted octanol–water partition coefficient (Wildman–Crippen LogP) is 5.58. The van der Waals surface area contributed by atoms with E-state index in [9.17, 15) is 9.90 Å². The van der Waals surface area contributed by atoms with Crippen LogP contribution >= 0.6 is 0 Å². The summed E-state index contributed by atoms with van der Waals surface area (Å²) in [6, 6.07) is 8.00. The van der Waals surface area contributed by atoms with Crippen molar-refractivity contribution in [1.29, 1.82) is 0 Å². The summed E-state index contributed by atoms with van der Waals surface area (Å²) in [7, 11) is 1.67. The lowest BCUT2D eigenvalue weighted by atomic mass is 9.48. The molecule has 0 saturated heterocycles. The molecule has 4 aliphatic carbocycles. The van der Waals surface area contributed by atoms with Crippen molar-refractivity contribution in [3.8, 4) is 5.75 Å². The molecule has 30 heavy (non-hydrogen) atoms. The molecule has 1 N–H and O–H groups in total. The van der Waals surface area contributed by atoms with Crippen LogP contribution in [0.2, 0.25) is 0 Å². The molecule has 0 spiro atoms. The van der Waals surface area contributed by atoms with Gasteiger partial charge in [-0.15, -0.1) is 0 Å². The number of fused-ring (bicyclic) bond motifs is 5. The standard InChI is InChI=1S/C27H34O3/c1-26-12-10-20(28)16-19(26)6-9-22-23(26)11-13-27(2)24(22)15-18(25(27)29)14-17-4-7-21(30-3)8-5-17/h4-8,14,20,22-24,28H,9-13,15-16H2,1-3H3/b18-14+/t20-,22+,23-,24+,26-,27+/m0/s1. The molecule has 0 aromatic heterocycles. The number of hydrogen-bond acceptors (Lipinski definition) is 3. The van der Waals surface area contributed by atoms with Gasteiger partial charge in [-0.05, 0) is 97.5 Å². The molecule has 3 fully saturated rings. The van der Waals surface area contributed by atoms with E-state index in [1.165, 1.54) is 5.57 Å². The number of hydrogen-bond donors (Lipinski definition) is 1. The number of Topliss-reactive ketones (excluding diaryl/α,β-unsaturated/α-hetero) is 1. The van der Waals surface area contributed by atoms with Gasteiger partial charge in [0.15, 0.2) is 5.78 Å². The quantitative estimate of drug-likeness (QED) is 0.515. The number of aliphatic hydroxyl groups excluding tert-OH is 1. The van der Waals surface area contributed by atoms with Gasteiger partial charge in [0, 0.05) is 5.41 Å². The van der Waals surface area contributed by atoms with E-state index in [1.807, 2.05) is 24.3 Å². The Hall–Kier alpha value is -1.87. The minimum atomic E-state index is -0.213. The van der Waals surface area contributed by atoms with Crippen molar-refractivity contribution in [2.45, 2.75) is 64.9 Å². The fourth-order valence-corrected chi connectivity index (χ4v) is 7.34. The molecule has 6 atom stereocenters. The Kier molecular flexibility index (Phi) is 4.74. The molecule has 0 bridgehead atoms. The van der Waals surface area contributed by atoms with Crippen molar-refractivity contribution in [2.75, 3.05) is 7.11 Å². The third kappa shape index (κ3) is 2.92. The van der Waals surface area contributed by atoms with E-state index in [1.54, 1.807) is 7.11 Å². The molecule has 0 amide bonds. The zero-order chi connectivity index (χ0) is 21.1. The van der Waals surface area contributed by atoms with Crippen LogP contribution < -0.4 is 4.74 Å². The summed E-state index contributed by atoms with van der Waals surface area (Å²) in [6.07, 6.45) is 11.4. The first-order valence-electron chi connectivity index (χ1n) is 11.6. The molecule has 0 radical (unpaired) electrons. The average Bonchev–Trinajstić information content (AvgIpc) is 3.00. The number of carbonyl (C=O) groups is 1. The van der Waals surface area contributed by atoms with Crippen molar-refractivity contribution in [1.82, 2.24) is 0 Å². The third-order valence-corrected chi connectivity index (χ3v) is 9.17. The van der Waals surface area contributed by atoms with Crippen LogP contribution in [0.15, 0.2) is 41.5 Å². The smallest absolute Gasteiger partial charge is 0.165 e. The first kappa shape index (κ1) is 20.1. The summed E-state index contributed by atoms with van der Waals surface area (Å²) in [5.74, 6) is 2.89. The van der Waals surface area contributed by atoms with Crippen LogP contribution in [-0.4, -0.2) is 24.1 Å². The van der Waals surface area contributed by atoms with Crippen LogP contribution in [0.5, 0.6) is 5.75 Å². The largest absolute Gasteiger partial charge is 0.497 e. The molecule has 160 valence electrons. The van der Waals surface area contributed by atoms with E-state index >= 15 is 0 Å². The first-order chi connectivity index (χ1) is 14.3. The van der Waals surface area contributed by atoms with Gasteiger partial charge in [0.25, 0.3) is 0 Å². The second kappa shape index (κ2) is 7.09. The van der Waals surface area contributed by atoms with Crippen LogP contribution in [0.4, 0.5) is 0 Å². The number of carbonyl (C=O) groups excluding carboxylic acids is 1. The lowest BCUT2D eigenvalue weighted by molar-refractivity contribution is -0.130. The number of rotatable bonds is 2. The molecule has 3 nitrogen and oxygen atoms in total. The van der Waals surface area contributed by atoms with E-state index in [2.05, 4.69) is 26.0 Å². The minimum Gasteiger partial charge on any atom is -0.497 e. The maximum Gasteiger partial charge on any atom is 0.165 e. The summed E-state index contributed by atoms with van der Waals surface area (Å²) >= 11 is 0. The van der Waals surface area contributed by atoms with E-state index < -0.39 is 0 Å². The molecule has 3 saturated carbocycles. The summed E-state index contributed by atoms with van der Waals surface area (Å²) < 4.78 is 5.26. The fourth-order valence-electron chi connectivity index (χ4n) is 7.34. The molecule has 5 rings (SSSR count). The molecule has 1 aromatic carbocycles. The molecular formula is C27H34O3. The van der Waals surface area contributed by atoms with Crippen molar-refractivity contribution >= 4 is 11.9 Å². The lowest BCUT2D eigenvalue weighted by Gasteiger charge is -2.56. The highest BCUT2D eigenvalue weighted by atomic mass is 16.5. The van der Waals surface area contributed by atoms with E-state index in [0.717, 1.165) is 61.8 Å². The number of benzene rings is 1. The van der Waals surface area contributed by atoms with Gasteiger partial charge in [-0.1, -0.05) is 37.6 Å². The molecule has 0 unspecified atom stereocenters. The van der Waals surface area contributed by atoms with Gasteiger partial charge in [0.1, 0.15) is 5.75 Å². The highest BCUT2D eigenvalue weighted by Gasteiger charge is 2.59. The maximum absolute atomic E-state index is 13.5. The maximum atomic E-state index is 13.5. The fraction of sp³-hybridized carbons (Fsp3) is 0.593. The Labute approximate surface area is 180 Å². The van der Waals surface area contributed by atoms with Gasteiger partial charge in [0.2, 0.25) is 0 Å². The minimum absolute atomic E-state index is 0.165. The van der Waals surface area contributed by atoms with Crippen molar-refractivity contribution in [3.63, 3.8) is 0 Å². The van der Waals surface area contributed by atoms with Crippen molar-refractivity contribution in [2.24, 2.45) is 28.6 Å². The van der Waals surface area contributed by atoms with Gasteiger partial charge in [-0.25, -0.2) is 0 Å². The predicted molar refractivity (Wildman–Crippen MR) is 119 cm³/mol. The van der Waals surface area contributed by atoms with E-state index in [0.29, 0.717) is 23.5 Å². The average molecular weight is 407 g/mol. The molecule has 0 aliphatic heterocycles. The number of methoxy groups -OCH3 is 1. The number of aliphatic hydroxyl groups is 1. The normalized spacial score (nSPS) is 41.7. The Bertz CT molecular complexity index is 911. The Morgan fingerprint density at radius 1 is 1.03 bits per heavy atom. The number of ether oxygens (including phenoxy) is 1. The van der Waals surface area contributed by atoms with E-state index in [-0.39, 0.29) is 16.9 Å². The number of ketones is 1. The Morgan fingerprint density at radius 3 is 2.50 bits per heavy atom. The van der Waals surface area contributed by atoms with Crippen LogP contribution in [0.25, 0.3) is 6.08 Å². The van der Waals surface area contributed by atoms with Gasteiger partial charge in [0.05, 0.1) is 13.2 Å². The monoisotopic (exact) mass is 406 g/mol. The molecule has 4 aliphatic rings. The second-order valence-corrected chi connectivity index (χ2v) is 10.6. The van der Waals surface area contributed by atoms with Gasteiger partial charge in [-0.3, -0.25) is 4.79 Å². The molecule has 3 heteroatoms. The lowest BCUT2D eigenvalue weighted by Crippen LogP contribution is -2.50. The first-order valence-corrected chi connectivity index (χ1v) is 11.6. The van der Waals surface area contributed by atoms with Crippen molar-refractivity contribution in [3.05, 3.63) is 47.1 Å². The highest BCUT2D eigenvalue weighted by molar-refractivity contribution is 6.05. The molecule has 0 heterocycles. The Morgan fingerprint density at radius 2 is 1.77 bits per heavy atom. The van der Waals surface area contributed by atoms with Gasteiger partial charge < -0.3 is 9.84 Å². The Balaban J connectivity index is 1.45. The van der Waals surface area contributed by atoms with Crippen LogP contribution in [-0.2, 0) is 4.79 Å². The summed E-state index contributed by atoms with van der Waals surface area (Å²) in [6.45, 7) is 4.67. The second-order valence-electron chi connectivity index (χ2n) is 10.6. The van der Waals surface area contributed by atoms with E-state index in [4.69, 9.17) is 4.74 Å². The summed E-state index contributed by atoms with van der Waals surface area (Å²) in [5, 5.41) is 10.2. The van der Waals surface area contributed by atoms with Crippen molar-refractivity contribution < 1.29 is 14.6 Å². The van der Waals surface area contributed by atoms with Crippen LogP contribution in [0.1, 0.15) is 64.4 Å². The highest BCUT2D eigenvalue weighted by Crippen LogP contribution is 2.64. The zero-order valence-electron chi connectivity index (χ0n) is 18.5. The van der Waals surface area contributed by atoms with Crippen LogP contribution in [0, 0.1) is 28.6 Å². The van der Waals surface area contributed by atoms with Crippen LogP contribution in [0.3, 0.4) is 0 Å². The van der Waals surface area contributed by atoms with Gasteiger partial charge in [-0.2, -0.15) is 0 Å².